The first-order valence-corrected chi connectivity index (χ1v) is 9.15. The molecule has 1 saturated heterocycles. The van der Waals surface area contributed by atoms with Crippen molar-refractivity contribution in [2.45, 2.75) is 19.3 Å². The van der Waals surface area contributed by atoms with Crippen LogP contribution in [-0.2, 0) is 11.2 Å². The van der Waals surface area contributed by atoms with E-state index >= 15 is 0 Å². The lowest BCUT2D eigenvalue weighted by atomic mass is 10.1. The number of carbonyl (C=O) groups is 1. The van der Waals surface area contributed by atoms with Crippen LogP contribution in [0.25, 0.3) is 10.6 Å². The Hall–Kier alpha value is -0.850. The summed E-state index contributed by atoms with van der Waals surface area (Å²) in [5.41, 5.74) is 1.71. The average Bonchev–Trinajstić information content (AvgIpc) is 3.20. The zero-order valence-corrected chi connectivity index (χ0v) is 16.9. The predicted molar refractivity (Wildman–Crippen MR) is 109 cm³/mol. The molecule has 1 fully saturated rings. The summed E-state index contributed by atoms with van der Waals surface area (Å²) in [6, 6.07) is 7.63. The van der Waals surface area contributed by atoms with E-state index in [4.69, 9.17) is 11.6 Å². The second kappa shape index (κ2) is 11.0. The second-order valence-corrected chi connectivity index (χ2v) is 7.06. The number of hydrogen-bond acceptors (Lipinski definition) is 4. The molecule has 0 radical (unpaired) electrons. The first-order chi connectivity index (χ1) is 11.2. The van der Waals surface area contributed by atoms with Crippen LogP contribution in [0.4, 0.5) is 0 Å². The maximum Gasteiger partial charge on any atom is 0.226 e. The van der Waals surface area contributed by atoms with Gasteiger partial charge in [0.2, 0.25) is 5.91 Å². The molecule has 1 aliphatic rings. The van der Waals surface area contributed by atoms with Crippen LogP contribution < -0.4 is 10.6 Å². The molecule has 2 N–H and O–H groups in total. The highest BCUT2D eigenvalue weighted by molar-refractivity contribution is 7.13. The van der Waals surface area contributed by atoms with Crippen LogP contribution in [0.15, 0.2) is 29.6 Å². The molecular formula is C17H22Cl3N3OS. The molecule has 4 nitrogen and oxygen atoms in total. The fourth-order valence-electron chi connectivity index (χ4n) is 2.75. The molecule has 0 aliphatic carbocycles. The molecule has 2 heterocycles. The van der Waals surface area contributed by atoms with Crippen molar-refractivity contribution < 1.29 is 4.79 Å². The number of aromatic nitrogens is 1. The predicted octanol–water partition coefficient (Wildman–Crippen LogP) is 3.97. The Morgan fingerprint density at radius 3 is 2.88 bits per heavy atom. The minimum absolute atomic E-state index is 0. The minimum atomic E-state index is 0. The van der Waals surface area contributed by atoms with E-state index < -0.39 is 0 Å². The van der Waals surface area contributed by atoms with E-state index in [2.05, 4.69) is 15.6 Å². The molecule has 1 aromatic carbocycles. The number of benzene rings is 1. The lowest BCUT2D eigenvalue weighted by Crippen LogP contribution is -2.27. The molecule has 0 saturated carbocycles. The van der Waals surface area contributed by atoms with Crippen molar-refractivity contribution in [1.82, 2.24) is 15.6 Å². The highest BCUT2D eigenvalue weighted by Gasteiger charge is 2.15. The van der Waals surface area contributed by atoms with Gasteiger partial charge in [0.1, 0.15) is 5.01 Å². The minimum Gasteiger partial charge on any atom is -0.356 e. The summed E-state index contributed by atoms with van der Waals surface area (Å²) in [4.78, 5) is 16.5. The van der Waals surface area contributed by atoms with E-state index in [1.54, 1.807) is 0 Å². The van der Waals surface area contributed by atoms with Crippen molar-refractivity contribution >= 4 is 53.7 Å². The third-order valence-corrected chi connectivity index (χ3v) is 5.29. The van der Waals surface area contributed by atoms with Gasteiger partial charge < -0.3 is 10.6 Å². The number of nitrogens with zero attached hydrogens (tertiary/aromatic N) is 1. The van der Waals surface area contributed by atoms with E-state index in [0.29, 0.717) is 17.4 Å². The van der Waals surface area contributed by atoms with Gasteiger partial charge in [-0.15, -0.1) is 36.2 Å². The summed E-state index contributed by atoms with van der Waals surface area (Å²) in [7, 11) is 0. The molecular weight excluding hydrogens is 401 g/mol. The van der Waals surface area contributed by atoms with Crippen molar-refractivity contribution in [2.24, 2.45) is 5.92 Å². The van der Waals surface area contributed by atoms with Crippen LogP contribution >= 0.6 is 47.8 Å². The number of rotatable bonds is 6. The summed E-state index contributed by atoms with van der Waals surface area (Å²) in [5, 5.41) is 9.80. The van der Waals surface area contributed by atoms with Gasteiger partial charge in [-0.25, -0.2) is 4.98 Å². The molecule has 1 aliphatic heterocycles. The zero-order chi connectivity index (χ0) is 16.1. The fraction of sp³-hybridized carbons (Fsp3) is 0.412. The largest absolute Gasteiger partial charge is 0.356 e. The van der Waals surface area contributed by atoms with E-state index in [-0.39, 0.29) is 30.7 Å². The third kappa shape index (κ3) is 6.42. The van der Waals surface area contributed by atoms with Gasteiger partial charge in [0.05, 0.1) is 17.1 Å². The van der Waals surface area contributed by atoms with E-state index in [0.717, 1.165) is 42.3 Å². The van der Waals surface area contributed by atoms with Crippen molar-refractivity contribution in [1.29, 1.82) is 0 Å². The Morgan fingerprint density at radius 2 is 2.16 bits per heavy atom. The molecule has 1 aromatic heterocycles. The van der Waals surface area contributed by atoms with Gasteiger partial charge in [0, 0.05) is 17.5 Å². The third-order valence-electron chi connectivity index (χ3n) is 4.03. The fourth-order valence-corrected chi connectivity index (χ4v) is 3.89. The van der Waals surface area contributed by atoms with E-state index in [1.165, 1.54) is 17.8 Å². The number of carbonyl (C=O) groups excluding carboxylic acids is 1. The van der Waals surface area contributed by atoms with Crippen molar-refractivity contribution in [2.75, 3.05) is 19.6 Å². The van der Waals surface area contributed by atoms with Crippen LogP contribution in [0.3, 0.4) is 0 Å². The zero-order valence-electron chi connectivity index (χ0n) is 13.7. The van der Waals surface area contributed by atoms with Crippen molar-refractivity contribution in [3.63, 3.8) is 0 Å². The van der Waals surface area contributed by atoms with Gasteiger partial charge in [-0.2, -0.15) is 0 Å². The van der Waals surface area contributed by atoms with Gasteiger partial charge >= 0.3 is 0 Å². The van der Waals surface area contributed by atoms with Gasteiger partial charge in [0.15, 0.2) is 0 Å². The SMILES string of the molecule is Cl.Cl.O=C(Cc1csc(-c2ccccc2Cl)n1)NCCC1CCNC1. The number of halogens is 3. The summed E-state index contributed by atoms with van der Waals surface area (Å²) in [6.45, 7) is 2.91. The lowest BCUT2D eigenvalue weighted by Gasteiger charge is -2.08. The van der Waals surface area contributed by atoms with Crippen LogP contribution in [0.5, 0.6) is 0 Å². The summed E-state index contributed by atoms with van der Waals surface area (Å²) < 4.78 is 0. The number of nitrogens with one attached hydrogen (secondary N) is 2. The number of amides is 1. The molecule has 1 unspecified atom stereocenters. The molecule has 1 atom stereocenters. The Morgan fingerprint density at radius 1 is 1.36 bits per heavy atom. The van der Waals surface area contributed by atoms with Crippen LogP contribution in [-0.4, -0.2) is 30.5 Å². The lowest BCUT2D eigenvalue weighted by molar-refractivity contribution is -0.120. The number of hydrogen-bond donors (Lipinski definition) is 2. The first-order valence-electron chi connectivity index (χ1n) is 7.89. The van der Waals surface area contributed by atoms with Crippen molar-refractivity contribution in [3.05, 3.63) is 40.4 Å². The van der Waals surface area contributed by atoms with E-state index in [1.807, 2.05) is 29.6 Å². The smallest absolute Gasteiger partial charge is 0.226 e. The Balaban J connectivity index is 0.00000156. The monoisotopic (exact) mass is 421 g/mol. The Kier molecular flexibility index (Phi) is 9.75. The highest BCUT2D eigenvalue weighted by atomic mass is 35.5. The maximum absolute atomic E-state index is 12.0. The Bertz CT molecular complexity index is 675. The molecule has 8 heteroatoms. The highest BCUT2D eigenvalue weighted by Crippen LogP contribution is 2.30. The molecule has 25 heavy (non-hydrogen) atoms. The van der Waals surface area contributed by atoms with Crippen LogP contribution in [0.1, 0.15) is 18.5 Å². The molecule has 0 spiro atoms. The van der Waals surface area contributed by atoms with Crippen LogP contribution in [0.2, 0.25) is 5.02 Å². The summed E-state index contributed by atoms with van der Waals surface area (Å²) >= 11 is 7.71. The molecule has 0 bridgehead atoms. The van der Waals surface area contributed by atoms with Gasteiger partial charge in [0.25, 0.3) is 0 Å². The van der Waals surface area contributed by atoms with Crippen molar-refractivity contribution in [3.8, 4) is 10.6 Å². The standard InChI is InChI=1S/C17H20ClN3OS.2ClH/c18-15-4-2-1-3-14(15)17-21-13(11-23-17)9-16(22)20-8-6-12-5-7-19-10-12;;/h1-4,11-12,19H,5-10H2,(H,20,22);2*1H. The van der Waals surface area contributed by atoms with Crippen LogP contribution in [0, 0.1) is 5.92 Å². The molecule has 138 valence electrons. The average molecular weight is 423 g/mol. The van der Waals surface area contributed by atoms with E-state index in [9.17, 15) is 4.79 Å². The summed E-state index contributed by atoms with van der Waals surface area (Å²) in [5.74, 6) is 0.730. The summed E-state index contributed by atoms with van der Waals surface area (Å²) in [6.07, 6.45) is 2.58. The van der Waals surface area contributed by atoms with Gasteiger partial charge in [-0.3, -0.25) is 4.79 Å². The first kappa shape index (κ1) is 22.2. The van der Waals surface area contributed by atoms with Gasteiger partial charge in [-0.05, 0) is 37.9 Å². The molecule has 3 rings (SSSR count). The number of thiazole rings is 1. The van der Waals surface area contributed by atoms with Gasteiger partial charge in [-0.1, -0.05) is 29.8 Å². The molecule has 2 aromatic rings. The Labute approximate surface area is 169 Å². The normalized spacial score (nSPS) is 16.0. The topological polar surface area (TPSA) is 54.0 Å². The quantitative estimate of drug-likeness (QED) is 0.740. The second-order valence-electron chi connectivity index (χ2n) is 5.80. The maximum atomic E-state index is 12.0. The molecule has 1 amide bonds.